The normalized spacial score (nSPS) is 13.4. The topological polar surface area (TPSA) is 242 Å². The van der Waals surface area contributed by atoms with Crippen LogP contribution >= 0.6 is 0 Å². The van der Waals surface area contributed by atoms with Crippen LogP contribution in [-0.2, 0) is 51.1 Å². The third-order valence-electron chi connectivity index (χ3n) is 11.8. The van der Waals surface area contributed by atoms with Gasteiger partial charge in [0.1, 0.15) is 47.2 Å². The molecule has 2 aromatic heterocycles. The molecule has 0 unspecified atom stereocenters. The number of pyridine rings is 2. The summed E-state index contributed by atoms with van der Waals surface area (Å²) in [6, 6.07) is 24.4. The van der Waals surface area contributed by atoms with E-state index >= 15 is 0 Å². The molecule has 0 bridgehead atoms. The number of hydrogen-bond donors (Lipinski definition) is 5. The highest BCUT2D eigenvalue weighted by molar-refractivity contribution is 5.96. The molecule has 3 aromatic carbocycles. The minimum atomic E-state index is -1.25. The first kappa shape index (κ1) is 57.4. The number of nitrogens with zero attached hydrogens (tertiary/aromatic N) is 2. The molecule has 0 aliphatic heterocycles. The number of unbranched alkanes of at least 4 members (excludes halogenated alkanes) is 1. The first-order valence-corrected chi connectivity index (χ1v) is 25.6. The van der Waals surface area contributed by atoms with Crippen molar-refractivity contribution in [2.24, 2.45) is 0 Å². The molecule has 404 valence electrons. The maximum absolute atomic E-state index is 13.9. The Kier molecular flexibility index (Phi) is 19.3. The van der Waals surface area contributed by atoms with Crippen LogP contribution in [0.25, 0.3) is 22.0 Å². The van der Waals surface area contributed by atoms with Crippen molar-refractivity contribution in [1.29, 1.82) is 0 Å². The van der Waals surface area contributed by atoms with Crippen LogP contribution in [0, 0.1) is 0 Å². The van der Waals surface area contributed by atoms with Crippen molar-refractivity contribution < 1.29 is 52.5 Å². The third-order valence-corrected chi connectivity index (χ3v) is 11.8. The molecule has 3 atom stereocenters. The van der Waals surface area contributed by atoms with Crippen LogP contribution in [0.2, 0.25) is 0 Å². The first-order valence-electron chi connectivity index (χ1n) is 25.6. The molecule has 0 saturated carbocycles. The number of rotatable bonds is 21. The van der Waals surface area contributed by atoms with Crippen LogP contribution in [0.5, 0.6) is 0 Å². The Bertz CT molecular complexity index is 2820. The molecule has 6 rings (SSSR count). The molecule has 1 aliphatic rings. The average Bonchev–Trinajstić information content (AvgIpc) is 3.67. The van der Waals surface area contributed by atoms with Crippen LogP contribution in [0.15, 0.2) is 103 Å². The highest BCUT2D eigenvalue weighted by Crippen LogP contribution is 2.44. The predicted molar refractivity (Wildman–Crippen MR) is 286 cm³/mol. The molecule has 2 heterocycles. The van der Waals surface area contributed by atoms with Crippen molar-refractivity contribution in [2.75, 3.05) is 13.2 Å². The molecule has 18 heteroatoms. The Balaban J connectivity index is 1.04. The Morgan fingerprint density at radius 1 is 0.605 bits per heavy atom. The second-order valence-electron chi connectivity index (χ2n) is 21.7. The van der Waals surface area contributed by atoms with Gasteiger partial charge in [0.15, 0.2) is 0 Å². The van der Waals surface area contributed by atoms with E-state index in [4.69, 9.17) is 18.9 Å². The van der Waals surface area contributed by atoms with Gasteiger partial charge in [-0.1, -0.05) is 66.7 Å². The van der Waals surface area contributed by atoms with Crippen molar-refractivity contribution in [3.8, 4) is 11.1 Å². The number of alkyl carbamates (subject to hydrolysis) is 1. The molecule has 0 radical (unpaired) electrons. The number of fused-ring (bicyclic) bond motifs is 4. The zero-order valence-electron chi connectivity index (χ0n) is 44.9. The fraction of sp³-hybridized carbons (Fsp3) is 0.431. The molecule has 5 aromatic rings. The summed E-state index contributed by atoms with van der Waals surface area (Å²) in [5.74, 6) is -3.20. The fourth-order valence-corrected chi connectivity index (χ4v) is 8.48. The third kappa shape index (κ3) is 17.6. The number of carbonyl (C=O) groups excluding carboxylic acids is 7. The maximum Gasteiger partial charge on any atom is 0.407 e. The van der Waals surface area contributed by atoms with E-state index in [2.05, 4.69) is 48.7 Å². The number of ether oxygens (including phenoxy) is 4. The molecular weight excluding hydrogens is 971 g/mol. The zero-order chi connectivity index (χ0) is 55.2. The SMILES string of the molecule is CC(C)(C)OC(=O)CC[C@H](NC(=O)N[C@@H](CCCCNC(=O)[C@H](Cc1ccc2ncccc2c1)NC(=O)c1ccc(CNC(=O)OCC2c3ccccc3-c3ccccc32)cn1)C(=O)OC(C)(C)C)C(=O)OC(C)(C)C. The second kappa shape index (κ2) is 25.6. The number of hydrogen-bond acceptors (Lipinski definition) is 13. The van der Waals surface area contributed by atoms with Gasteiger partial charge in [0.25, 0.3) is 5.91 Å². The fourth-order valence-electron chi connectivity index (χ4n) is 8.48. The van der Waals surface area contributed by atoms with Crippen molar-refractivity contribution in [3.63, 3.8) is 0 Å². The predicted octanol–water partition coefficient (Wildman–Crippen LogP) is 8.14. The van der Waals surface area contributed by atoms with Crippen LogP contribution in [0.1, 0.15) is 133 Å². The summed E-state index contributed by atoms with van der Waals surface area (Å²) in [7, 11) is 0. The molecule has 1 aliphatic carbocycles. The Morgan fingerprint density at radius 3 is 1.82 bits per heavy atom. The lowest BCUT2D eigenvalue weighted by molar-refractivity contribution is -0.159. The summed E-state index contributed by atoms with van der Waals surface area (Å²) in [5, 5.41) is 14.6. The minimum Gasteiger partial charge on any atom is -0.460 e. The smallest absolute Gasteiger partial charge is 0.407 e. The molecule has 0 saturated heterocycles. The van der Waals surface area contributed by atoms with Gasteiger partial charge in [-0.2, -0.15) is 0 Å². The number of esters is 3. The van der Waals surface area contributed by atoms with Gasteiger partial charge < -0.3 is 45.5 Å². The average molecular weight is 1040 g/mol. The quantitative estimate of drug-likeness (QED) is 0.0265. The van der Waals surface area contributed by atoms with E-state index in [-0.39, 0.29) is 57.0 Å². The number of urea groups is 1. The highest BCUT2D eigenvalue weighted by atomic mass is 16.6. The van der Waals surface area contributed by atoms with Crippen LogP contribution in [0.3, 0.4) is 0 Å². The number of amides is 5. The molecule has 5 amide bonds. The molecule has 18 nitrogen and oxygen atoms in total. The van der Waals surface area contributed by atoms with E-state index in [0.29, 0.717) is 18.4 Å². The molecule has 0 spiro atoms. The summed E-state index contributed by atoms with van der Waals surface area (Å²) in [5.41, 5.74) is 4.13. The monoisotopic (exact) mass is 1040 g/mol. The van der Waals surface area contributed by atoms with Gasteiger partial charge in [-0.05, 0) is 146 Å². The Labute approximate surface area is 444 Å². The number of carbonyl (C=O) groups is 7. The Morgan fingerprint density at radius 2 is 1.21 bits per heavy atom. The first-order chi connectivity index (χ1) is 35.9. The van der Waals surface area contributed by atoms with Crippen molar-refractivity contribution in [3.05, 3.63) is 131 Å². The minimum absolute atomic E-state index is 0.0515. The molecule has 0 fully saturated rings. The van der Waals surface area contributed by atoms with Crippen molar-refractivity contribution in [1.82, 2.24) is 36.6 Å². The van der Waals surface area contributed by atoms with Gasteiger partial charge in [-0.25, -0.2) is 19.2 Å². The Hall–Kier alpha value is -7.89. The van der Waals surface area contributed by atoms with Crippen LogP contribution in [0.4, 0.5) is 9.59 Å². The summed E-state index contributed by atoms with van der Waals surface area (Å²) < 4.78 is 22.2. The van der Waals surface area contributed by atoms with Gasteiger partial charge in [0, 0.05) is 49.6 Å². The van der Waals surface area contributed by atoms with E-state index in [0.717, 1.165) is 38.7 Å². The second-order valence-corrected chi connectivity index (χ2v) is 21.7. The van der Waals surface area contributed by atoms with E-state index < -0.39 is 76.8 Å². The summed E-state index contributed by atoms with van der Waals surface area (Å²) in [6.45, 7) is 15.7. The van der Waals surface area contributed by atoms with E-state index in [1.807, 2.05) is 66.7 Å². The summed E-state index contributed by atoms with van der Waals surface area (Å²) in [6.07, 6.45) is 3.18. The van der Waals surface area contributed by atoms with Crippen molar-refractivity contribution in [2.45, 2.75) is 148 Å². The number of aromatic nitrogens is 2. The summed E-state index contributed by atoms with van der Waals surface area (Å²) in [4.78, 5) is 102. The largest absolute Gasteiger partial charge is 0.460 e. The van der Waals surface area contributed by atoms with Crippen LogP contribution in [-0.4, -0.2) is 99.9 Å². The van der Waals surface area contributed by atoms with Gasteiger partial charge in [-0.3, -0.25) is 24.4 Å². The molecule has 5 N–H and O–H groups in total. The molecule has 76 heavy (non-hydrogen) atoms. The highest BCUT2D eigenvalue weighted by Gasteiger charge is 2.33. The lowest BCUT2D eigenvalue weighted by Crippen LogP contribution is -2.53. The van der Waals surface area contributed by atoms with Crippen LogP contribution < -0.4 is 26.6 Å². The lowest BCUT2D eigenvalue weighted by atomic mass is 9.98. The van der Waals surface area contributed by atoms with Gasteiger partial charge in [0.05, 0.1) is 5.52 Å². The van der Waals surface area contributed by atoms with Gasteiger partial charge in [-0.15, -0.1) is 0 Å². The van der Waals surface area contributed by atoms with E-state index in [9.17, 15) is 33.6 Å². The van der Waals surface area contributed by atoms with Crippen molar-refractivity contribution >= 4 is 52.7 Å². The number of nitrogens with one attached hydrogen (secondary N) is 5. The number of benzene rings is 3. The van der Waals surface area contributed by atoms with Gasteiger partial charge in [0.2, 0.25) is 5.91 Å². The van der Waals surface area contributed by atoms with E-state index in [1.54, 1.807) is 74.6 Å². The standard InChI is InChI=1S/C58H71N7O11/c1-56(2,3)74-49(66)28-27-47(53(70)76-58(7,8)9)65-54(71)64-46(52(69)75-57(4,5)6)22-14-15-29-60-50(67)48(32-36-23-25-44-38(31-36)17-16-30-59-44)63-51(68)45-26-24-37(33-61-45)34-62-55(72)73-35-43-41-20-12-10-18-39(41)40-19-11-13-21-42(40)43/h10-13,16-21,23-26,30-31,33,43,46-48H,14-15,22,27-29,32,34-35H2,1-9H3,(H,60,67)(H,62,72)(H,63,68)(H2,64,65,71)/t46-,47-,48-/m0/s1. The maximum atomic E-state index is 13.9. The van der Waals surface area contributed by atoms with E-state index in [1.165, 1.54) is 12.3 Å². The van der Waals surface area contributed by atoms with Gasteiger partial charge >= 0.3 is 30.0 Å². The molecular formula is C58H71N7O11. The zero-order valence-corrected chi connectivity index (χ0v) is 44.9. The summed E-state index contributed by atoms with van der Waals surface area (Å²) >= 11 is 0. The lowest BCUT2D eigenvalue weighted by Gasteiger charge is -2.27.